The number of nitrogens with two attached hydrogens (primary N) is 1. The van der Waals surface area contributed by atoms with Crippen molar-refractivity contribution in [3.8, 4) is 11.4 Å². The number of carbonyl (C=O) groups excluding carboxylic acids is 3. The number of aromatic nitrogens is 2. The maximum absolute atomic E-state index is 14.2. The first kappa shape index (κ1) is 11.8. The highest BCUT2D eigenvalue weighted by atomic mass is 16.5. The van der Waals surface area contributed by atoms with Crippen molar-refractivity contribution in [2.24, 2.45) is 5.73 Å². The Bertz CT molecular complexity index is 1800. The van der Waals surface area contributed by atoms with Crippen LogP contribution in [0.3, 0.4) is 0 Å². The van der Waals surface area contributed by atoms with Crippen LogP contribution in [-0.2, 0) is 11.2 Å². The van der Waals surface area contributed by atoms with Gasteiger partial charge in [0.05, 0.1) is 21.0 Å². The molecule has 2 N–H and O–H groups in total. The highest BCUT2D eigenvalue weighted by Crippen LogP contribution is 2.31. The third-order valence-corrected chi connectivity index (χ3v) is 5.05. The van der Waals surface area contributed by atoms with E-state index in [1.165, 1.54) is 31.4 Å². The van der Waals surface area contributed by atoms with Gasteiger partial charge in [0.25, 0.3) is 11.8 Å². The molecule has 5 rings (SSSR count). The Kier molecular flexibility index (Phi) is 3.01. The number of methoxy groups -OCH3 is 1. The van der Waals surface area contributed by atoms with Gasteiger partial charge in [0.2, 0.25) is 5.91 Å². The van der Waals surface area contributed by atoms with Gasteiger partial charge >= 0.3 is 0 Å². The summed E-state index contributed by atoms with van der Waals surface area (Å²) < 4.78 is 108. The van der Waals surface area contributed by atoms with Crippen LogP contribution in [0.4, 0.5) is 11.4 Å². The molecule has 3 amide bonds. The number of ether oxygens (including phenoxy) is 1. The lowest BCUT2D eigenvalue weighted by atomic mass is 10.0. The van der Waals surface area contributed by atoms with E-state index >= 15 is 0 Å². The summed E-state index contributed by atoms with van der Waals surface area (Å²) in [4.78, 5) is 39.9. The number of hydrogen-bond acceptors (Lipinski definition) is 5. The van der Waals surface area contributed by atoms with Crippen LogP contribution in [0.2, 0.25) is 0 Å². The lowest BCUT2D eigenvalue weighted by molar-refractivity contribution is -0.119. The second-order valence-corrected chi connectivity index (χ2v) is 7.10. The summed E-state index contributed by atoms with van der Waals surface area (Å²) in [7, 11) is 1.39. The topological polar surface area (TPSA) is 111 Å². The number of rotatable bonds is 5. The van der Waals surface area contributed by atoms with Crippen molar-refractivity contribution in [1.82, 2.24) is 9.78 Å². The van der Waals surface area contributed by atoms with Gasteiger partial charge in [-0.15, -0.1) is 0 Å². The van der Waals surface area contributed by atoms with Crippen LogP contribution < -0.4 is 20.3 Å². The molecular formula is C25H25N5O4. The maximum Gasteiger partial charge on any atom is 0.277 e. The number of amides is 3. The fourth-order valence-electron chi connectivity index (χ4n) is 3.43. The van der Waals surface area contributed by atoms with Gasteiger partial charge in [0.15, 0.2) is 5.69 Å². The van der Waals surface area contributed by atoms with Gasteiger partial charge < -0.3 is 20.3 Å². The molecule has 0 bridgehead atoms. The third-order valence-electron chi connectivity index (χ3n) is 5.05. The number of fused-ring (bicyclic) bond motifs is 1. The van der Waals surface area contributed by atoms with Crippen molar-refractivity contribution >= 4 is 29.1 Å². The van der Waals surface area contributed by atoms with Crippen LogP contribution in [-0.4, -0.2) is 47.6 Å². The van der Waals surface area contributed by atoms with E-state index in [9.17, 15) is 14.4 Å². The summed E-state index contributed by atoms with van der Waals surface area (Å²) in [5.41, 5.74) is 1.20. The first-order valence-corrected chi connectivity index (χ1v) is 10.0. The van der Waals surface area contributed by atoms with Crippen LogP contribution in [0, 0.1) is 0 Å². The predicted octanol–water partition coefficient (Wildman–Crippen LogP) is 2.70. The van der Waals surface area contributed by atoms with E-state index in [1.807, 2.05) is 0 Å². The average Bonchev–Trinajstić information content (AvgIpc) is 3.40. The van der Waals surface area contributed by atoms with Crippen molar-refractivity contribution in [2.45, 2.75) is 25.6 Å². The quantitative estimate of drug-likeness (QED) is 0.615. The largest absolute Gasteiger partial charge is 0.497 e. The Hall–Kier alpha value is -4.14. The van der Waals surface area contributed by atoms with Crippen molar-refractivity contribution in [3.05, 3.63) is 65.4 Å². The fourth-order valence-corrected chi connectivity index (χ4v) is 3.43. The molecule has 3 heterocycles. The standard InChI is InChI=1S/C25H25N5O4/c1-34-19-11-9-18(10-12-19)30-23-20(22(27-30)24(26)32)13-15-29(25(23)33)17-7-5-16(6-8-17)28-14-3-2-4-21(28)31/h5-12H,2-4,13-15H2,1H3,(H2,26,32)/i4D2,5D,6D,7D,8D,13D2,14D2,15D2. The zero-order chi connectivity index (χ0) is 34.5. The second-order valence-electron chi connectivity index (χ2n) is 7.10. The second kappa shape index (κ2) is 8.66. The van der Waals surface area contributed by atoms with Crippen LogP contribution in [0.25, 0.3) is 5.69 Å². The molecule has 9 nitrogen and oxygen atoms in total. The Morgan fingerprint density at radius 2 is 1.68 bits per heavy atom. The molecule has 0 unspecified atom stereocenters. The zero-order valence-electron chi connectivity index (χ0n) is 29.7. The fraction of sp³-hybridized carbons (Fsp3) is 0.280. The predicted molar refractivity (Wildman–Crippen MR) is 127 cm³/mol. The van der Waals surface area contributed by atoms with Crippen molar-refractivity contribution < 1.29 is 35.6 Å². The van der Waals surface area contributed by atoms with Crippen LogP contribution >= 0.6 is 0 Å². The normalized spacial score (nSPS) is 27.0. The summed E-state index contributed by atoms with van der Waals surface area (Å²) in [5, 5.41) is 4.01. The molecule has 34 heavy (non-hydrogen) atoms. The minimum Gasteiger partial charge on any atom is -0.497 e. The molecule has 0 atom stereocenters. The first-order chi connectivity index (χ1) is 21.1. The van der Waals surface area contributed by atoms with Crippen molar-refractivity contribution in [2.75, 3.05) is 29.9 Å². The van der Waals surface area contributed by atoms with Crippen molar-refractivity contribution in [1.29, 1.82) is 0 Å². The molecule has 9 heteroatoms. The van der Waals surface area contributed by atoms with E-state index in [-0.39, 0.29) is 15.5 Å². The third kappa shape index (κ3) is 3.68. The molecule has 1 fully saturated rings. The van der Waals surface area contributed by atoms with Gasteiger partial charge in [0, 0.05) is 44.5 Å². The maximum atomic E-state index is 14.2. The number of anilines is 2. The summed E-state index contributed by atoms with van der Waals surface area (Å²) in [6.45, 7) is -6.17. The van der Waals surface area contributed by atoms with E-state index in [0.717, 1.165) is 4.68 Å². The van der Waals surface area contributed by atoms with Gasteiger partial charge in [-0.05, 0) is 67.6 Å². The Morgan fingerprint density at radius 1 is 1.00 bits per heavy atom. The van der Waals surface area contributed by atoms with E-state index in [0.29, 0.717) is 5.75 Å². The van der Waals surface area contributed by atoms with Crippen LogP contribution in [0.1, 0.15) is 62.2 Å². The Morgan fingerprint density at radius 3 is 2.32 bits per heavy atom. The van der Waals surface area contributed by atoms with E-state index in [1.54, 1.807) is 0 Å². The summed E-state index contributed by atoms with van der Waals surface area (Å²) in [6, 6.07) is 1.12. The monoisotopic (exact) mass is 471 g/mol. The summed E-state index contributed by atoms with van der Waals surface area (Å²) >= 11 is 0. The molecule has 0 radical (unpaired) electrons. The van der Waals surface area contributed by atoms with Crippen LogP contribution in [0.15, 0.2) is 48.4 Å². The molecule has 0 aliphatic carbocycles. The number of hydrogen-bond donors (Lipinski definition) is 1. The number of piperidine rings is 1. The molecule has 2 aromatic carbocycles. The van der Waals surface area contributed by atoms with E-state index in [4.69, 9.17) is 26.9 Å². The Balaban J connectivity index is 1.80. The van der Waals surface area contributed by atoms with Gasteiger partial charge in [-0.1, -0.05) is 0 Å². The molecule has 1 aromatic heterocycles. The molecule has 2 aliphatic rings. The SMILES string of the molecule is [2H]c1c([2H])c(N2C(=O)c3c(c(C(N)=O)nn3-c3ccc(OC)cc3)C([2H])([2H])C2([2H])[2H])c([2H])c([2H])c1N1C(=O)C([2H])([2H])CCC1([2H])[2H]. The Labute approximate surface area is 213 Å². The lowest BCUT2D eigenvalue weighted by Gasteiger charge is -2.29. The number of primary amides is 1. The lowest BCUT2D eigenvalue weighted by Crippen LogP contribution is -2.39. The molecule has 1 saturated heterocycles. The molecular weight excluding hydrogens is 434 g/mol. The smallest absolute Gasteiger partial charge is 0.277 e. The van der Waals surface area contributed by atoms with Gasteiger partial charge in [-0.2, -0.15) is 5.10 Å². The highest BCUT2D eigenvalue weighted by Gasteiger charge is 2.34. The van der Waals surface area contributed by atoms with Gasteiger partial charge in [-0.25, -0.2) is 4.68 Å². The number of carbonyl (C=O) groups is 3. The van der Waals surface area contributed by atoms with Crippen molar-refractivity contribution in [3.63, 3.8) is 0 Å². The highest BCUT2D eigenvalue weighted by molar-refractivity contribution is 6.09. The summed E-state index contributed by atoms with van der Waals surface area (Å²) in [6.07, 6.45) is -7.01. The van der Waals surface area contributed by atoms with E-state index in [2.05, 4.69) is 5.10 Å². The molecule has 0 spiro atoms. The molecule has 174 valence electrons. The number of nitrogens with zero attached hydrogens (tertiary/aromatic N) is 4. The molecule has 2 aliphatic heterocycles. The first-order valence-electron chi connectivity index (χ1n) is 16.0. The molecule has 3 aromatic rings. The van der Waals surface area contributed by atoms with Crippen LogP contribution in [0.5, 0.6) is 5.75 Å². The zero-order valence-corrected chi connectivity index (χ0v) is 17.7. The van der Waals surface area contributed by atoms with Gasteiger partial charge in [0.1, 0.15) is 11.4 Å². The summed E-state index contributed by atoms with van der Waals surface area (Å²) in [5.74, 6) is -3.81. The average molecular weight is 472 g/mol. The van der Waals surface area contributed by atoms with Gasteiger partial charge in [-0.3, -0.25) is 14.4 Å². The minimum absolute atomic E-state index is 0.0538. The molecule has 0 saturated carbocycles. The number of benzene rings is 2. The minimum atomic E-state index is -3.52. The van der Waals surface area contributed by atoms with E-state index < -0.39 is 109 Å².